The van der Waals surface area contributed by atoms with Gasteiger partial charge in [0.2, 0.25) is 0 Å². The van der Waals surface area contributed by atoms with Crippen molar-refractivity contribution in [2.75, 3.05) is 43.9 Å². The van der Waals surface area contributed by atoms with E-state index in [4.69, 9.17) is 19.2 Å². The lowest BCUT2D eigenvalue weighted by Crippen LogP contribution is -2.48. The summed E-state index contributed by atoms with van der Waals surface area (Å²) < 4.78 is 57.5. The van der Waals surface area contributed by atoms with E-state index in [1.165, 1.54) is 11.8 Å². The van der Waals surface area contributed by atoms with E-state index in [9.17, 15) is 22.8 Å². The molecule has 1 aromatic carbocycles. The number of benzene rings is 1. The first-order chi connectivity index (χ1) is 24.6. The Morgan fingerprint density at radius 2 is 1.79 bits per heavy atom. The molecule has 1 unspecified atom stereocenters. The Kier molecular flexibility index (Phi) is 11.2. The molecular weight excluding hydrogens is 696 g/mol. The van der Waals surface area contributed by atoms with Crippen molar-refractivity contribution in [1.82, 2.24) is 20.2 Å². The van der Waals surface area contributed by atoms with Crippen molar-refractivity contribution in [2.24, 2.45) is 5.92 Å². The van der Waals surface area contributed by atoms with Crippen molar-refractivity contribution >= 4 is 23.5 Å². The number of rotatable bonds is 10. The van der Waals surface area contributed by atoms with E-state index in [0.29, 0.717) is 66.2 Å². The van der Waals surface area contributed by atoms with Crippen LogP contribution in [-0.2, 0) is 11.3 Å². The Labute approximate surface area is 306 Å². The van der Waals surface area contributed by atoms with Gasteiger partial charge in [-0.2, -0.15) is 13.2 Å². The van der Waals surface area contributed by atoms with Gasteiger partial charge < -0.3 is 34.3 Å². The lowest BCUT2D eigenvalue weighted by molar-refractivity contribution is -0.137. The number of amides is 1. The number of likely N-dealkylation sites (tertiary alicyclic amines) is 1. The third-order valence-corrected chi connectivity index (χ3v) is 11.1. The maximum absolute atomic E-state index is 13.9. The van der Waals surface area contributed by atoms with Crippen LogP contribution in [0.2, 0.25) is 0 Å². The van der Waals surface area contributed by atoms with Crippen LogP contribution in [-0.4, -0.2) is 83.9 Å². The molecular formula is C38H48F3N5O5S. The molecule has 282 valence electrons. The molecule has 52 heavy (non-hydrogen) atoms. The average molecular weight is 744 g/mol. The minimum Gasteiger partial charge on any atom is -0.448 e. The maximum atomic E-state index is 13.9. The quantitative estimate of drug-likeness (QED) is 0.216. The third-order valence-electron chi connectivity index (χ3n) is 10.3. The SMILES string of the molecule is CSc1cc(C)[nH]c(=O)c1CNC(=O)c1cc(-c2ccc(N3CC(C)O[C@H](C)C3)nc2)c2c(c1C)O[C@@](C)(C1CCN(CCCC(F)(F)F)CC1)O2. The number of fused-ring (bicyclic) bond motifs is 1. The van der Waals surface area contributed by atoms with Gasteiger partial charge in [-0.05, 0) is 97.1 Å². The van der Waals surface area contributed by atoms with Gasteiger partial charge >= 0.3 is 6.18 Å². The van der Waals surface area contributed by atoms with Crippen molar-refractivity contribution < 1.29 is 32.2 Å². The van der Waals surface area contributed by atoms with Crippen LogP contribution in [0.3, 0.4) is 0 Å². The molecule has 6 rings (SSSR count). The number of piperidine rings is 1. The highest BCUT2D eigenvalue weighted by molar-refractivity contribution is 7.98. The fourth-order valence-corrected chi connectivity index (χ4v) is 8.29. The number of alkyl halides is 3. The summed E-state index contributed by atoms with van der Waals surface area (Å²) >= 11 is 1.45. The van der Waals surface area contributed by atoms with Gasteiger partial charge in [-0.3, -0.25) is 9.59 Å². The number of carbonyl (C=O) groups is 1. The van der Waals surface area contributed by atoms with Crippen LogP contribution in [0.4, 0.5) is 19.0 Å². The molecule has 2 fully saturated rings. The molecule has 0 aliphatic carbocycles. The number of H-pyrrole nitrogens is 1. The van der Waals surface area contributed by atoms with Gasteiger partial charge in [0, 0.05) is 83.5 Å². The topological polar surface area (TPSA) is 109 Å². The third kappa shape index (κ3) is 8.39. The summed E-state index contributed by atoms with van der Waals surface area (Å²) in [6.07, 6.45) is 0.328. The molecule has 3 aromatic rings. The van der Waals surface area contributed by atoms with E-state index in [1.807, 2.05) is 59.1 Å². The van der Waals surface area contributed by atoms with Crippen molar-refractivity contribution in [3.05, 3.63) is 63.2 Å². The normalized spacial score (nSPS) is 22.5. The van der Waals surface area contributed by atoms with E-state index in [1.54, 1.807) is 12.3 Å². The van der Waals surface area contributed by atoms with Gasteiger partial charge in [-0.25, -0.2) is 4.98 Å². The standard InChI is InChI=1S/C38H48F3N5O5S/c1-22-16-31(52-6)30(36(48)44-22)19-43-35(47)28-17-29(26-8-9-32(42-18-26)46-20-23(2)49-24(3)21-46)34-33(25(28)4)50-37(5,51-34)27-10-14-45(15-11-27)13-7-12-38(39,40)41/h8-9,16-18,23-24,27H,7,10-15,19-21H2,1-6H3,(H,43,47)(H,44,48)/t23-,24?,37-/m1/s1. The summed E-state index contributed by atoms with van der Waals surface area (Å²) in [4.78, 5) is 39.4. The Morgan fingerprint density at radius 1 is 1.10 bits per heavy atom. The number of thioether (sulfide) groups is 1. The van der Waals surface area contributed by atoms with Crippen LogP contribution in [0.25, 0.3) is 11.1 Å². The second kappa shape index (κ2) is 15.3. The molecule has 10 nitrogen and oxygen atoms in total. The summed E-state index contributed by atoms with van der Waals surface area (Å²) in [5.74, 6) is 0.364. The number of halogens is 3. The first kappa shape index (κ1) is 38.0. The van der Waals surface area contributed by atoms with E-state index in [-0.39, 0.29) is 42.6 Å². The molecule has 0 bridgehead atoms. The van der Waals surface area contributed by atoms with Gasteiger partial charge in [0.05, 0.1) is 12.2 Å². The van der Waals surface area contributed by atoms with Crippen molar-refractivity contribution in [3.63, 3.8) is 0 Å². The average Bonchev–Trinajstić information content (AvgIpc) is 3.46. The number of hydrogen-bond acceptors (Lipinski definition) is 9. The fraction of sp³-hybridized carbons (Fsp3) is 0.553. The minimum atomic E-state index is -4.15. The number of anilines is 1. The predicted octanol–water partition coefficient (Wildman–Crippen LogP) is 6.86. The molecule has 0 radical (unpaired) electrons. The highest BCUT2D eigenvalue weighted by Gasteiger charge is 2.47. The molecule has 0 saturated carbocycles. The monoisotopic (exact) mass is 743 g/mol. The van der Waals surface area contributed by atoms with E-state index in [0.717, 1.165) is 35.1 Å². The highest BCUT2D eigenvalue weighted by atomic mass is 32.2. The van der Waals surface area contributed by atoms with Crippen LogP contribution in [0.5, 0.6) is 11.5 Å². The van der Waals surface area contributed by atoms with Gasteiger partial charge in [0.15, 0.2) is 11.5 Å². The zero-order valence-electron chi connectivity index (χ0n) is 30.6. The Hall–Kier alpha value is -3.75. The van der Waals surface area contributed by atoms with Gasteiger partial charge in [-0.1, -0.05) is 0 Å². The molecule has 3 atom stereocenters. The molecule has 1 amide bonds. The lowest BCUT2D eigenvalue weighted by atomic mass is 9.89. The van der Waals surface area contributed by atoms with Crippen molar-refractivity contribution in [2.45, 2.75) is 95.9 Å². The first-order valence-electron chi connectivity index (χ1n) is 17.9. The highest BCUT2D eigenvalue weighted by Crippen LogP contribution is 2.52. The molecule has 3 aliphatic rings. The fourth-order valence-electron chi connectivity index (χ4n) is 7.58. The van der Waals surface area contributed by atoms with Crippen molar-refractivity contribution in [3.8, 4) is 22.6 Å². The van der Waals surface area contributed by atoms with Crippen LogP contribution in [0.15, 0.2) is 40.2 Å². The van der Waals surface area contributed by atoms with Crippen molar-refractivity contribution in [1.29, 1.82) is 0 Å². The molecule has 2 aromatic heterocycles. The molecule has 5 heterocycles. The number of nitrogens with zero attached hydrogens (tertiary/aromatic N) is 3. The summed E-state index contributed by atoms with van der Waals surface area (Å²) in [6.45, 7) is 12.8. The Balaban J connectivity index is 1.28. The predicted molar refractivity (Wildman–Crippen MR) is 195 cm³/mol. The number of aryl methyl sites for hydroxylation is 1. The summed E-state index contributed by atoms with van der Waals surface area (Å²) in [6, 6.07) is 7.62. The molecule has 0 spiro atoms. The minimum absolute atomic E-state index is 0.0349. The van der Waals surface area contributed by atoms with Crippen LogP contribution in [0, 0.1) is 19.8 Å². The number of carbonyl (C=O) groups excluding carboxylic acids is 1. The molecule has 14 heteroatoms. The zero-order valence-corrected chi connectivity index (χ0v) is 31.4. The maximum Gasteiger partial charge on any atom is 0.389 e. The second-order valence-corrected chi connectivity index (χ2v) is 15.2. The number of hydrogen-bond donors (Lipinski definition) is 2. The number of nitrogens with one attached hydrogen (secondary N) is 2. The Bertz CT molecular complexity index is 1820. The van der Waals surface area contributed by atoms with E-state index in [2.05, 4.69) is 20.1 Å². The molecule has 3 aliphatic heterocycles. The first-order valence-corrected chi connectivity index (χ1v) is 19.1. The van der Waals surface area contributed by atoms with Gasteiger partial charge in [-0.15, -0.1) is 11.8 Å². The number of morpholine rings is 1. The molecule has 2 N–H and O–H groups in total. The largest absolute Gasteiger partial charge is 0.448 e. The number of aromatic nitrogens is 2. The summed E-state index contributed by atoms with van der Waals surface area (Å²) in [7, 11) is 0. The van der Waals surface area contributed by atoms with E-state index < -0.39 is 18.4 Å². The van der Waals surface area contributed by atoms with Gasteiger partial charge in [0.1, 0.15) is 5.82 Å². The number of ether oxygens (including phenoxy) is 3. The zero-order chi connectivity index (χ0) is 37.4. The second-order valence-electron chi connectivity index (χ2n) is 14.4. The summed E-state index contributed by atoms with van der Waals surface area (Å²) in [5, 5.41) is 2.96. The van der Waals surface area contributed by atoms with E-state index >= 15 is 0 Å². The summed E-state index contributed by atoms with van der Waals surface area (Å²) in [5.41, 5.74) is 3.37. The lowest BCUT2D eigenvalue weighted by Gasteiger charge is -2.39. The Morgan fingerprint density at radius 3 is 2.42 bits per heavy atom. The van der Waals surface area contributed by atoms with Gasteiger partial charge in [0.25, 0.3) is 17.3 Å². The van der Waals surface area contributed by atoms with Crippen LogP contribution >= 0.6 is 11.8 Å². The smallest absolute Gasteiger partial charge is 0.389 e. The van der Waals surface area contributed by atoms with Crippen LogP contribution < -0.4 is 25.2 Å². The number of aromatic amines is 1. The number of pyridine rings is 2. The molecule has 2 saturated heterocycles. The van der Waals surface area contributed by atoms with Crippen LogP contribution in [0.1, 0.15) is 73.6 Å².